The molecular formula is C19H34FP. The van der Waals surface area contributed by atoms with Crippen molar-refractivity contribution in [1.29, 1.82) is 0 Å². The fourth-order valence-corrected chi connectivity index (χ4v) is 8.86. The van der Waals surface area contributed by atoms with Crippen LogP contribution in [0.4, 0.5) is 4.20 Å². The second-order valence-corrected chi connectivity index (χ2v) is 12.0. The van der Waals surface area contributed by atoms with Crippen molar-refractivity contribution in [2.24, 2.45) is 0 Å². The normalized spacial score (nSPS) is 13.8. The van der Waals surface area contributed by atoms with Crippen LogP contribution < -0.4 is 0 Å². The van der Waals surface area contributed by atoms with Crippen LogP contribution >= 0.6 is 6.91 Å². The van der Waals surface area contributed by atoms with Gasteiger partial charge in [-0.2, -0.15) is 0 Å². The van der Waals surface area contributed by atoms with Crippen LogP contribution in [0, 0.1) is 0 Å². The molecule has 0 heterocycles. The molecule has 0 aliphatic heterocycles. The van der Waals surface area contributed by atoms with Crippen LogP contribution in [-0.2, 0) is 6.16 Å². The molecule has 0 radical (unpaired) electrons. The molecule has 0 saturated carbocycles. The van der Waals surface area contributed by atoms with Crippen LogP contribution in [0.25, 0.3) is 0 Å². The molecule has 0 bridgehead atoms. The zero-order valence-corrected chi connectivity index (χ0v) is 15.2. The Balaban J connectivity index is 3.01. The zero-order valence-electron chi connectivity index (χ0n) is 14.3. The molecule has 0 aromatic heterocycles. The monoisotopic (exact) mass is 312 g/mol. The minimum absolute atomic E-state index is 0.715. The van der Waals surface area contributed by atoms with Crippen LogP contribution in [0.5, 0.6) is 0 Å². The summed E-state index contributed by atoms with van der Waals surface area (Å²) in [6, 6.07) is 10.4. The van der Waals surface area contributed by atoms with Gasteiger partial charge in [0.1, 0.15) is 0 Å². The van der Waals surface area contributed by atoms with E-state index in [-0.39, 0.29) is 0 Å². The van der Waals surface area contributed by atoms with Crippen LogP contribution in [0.15, 0.2) is 30.3 Å². The van der Waals surface area contributed by atoms with E-state index in [1.54, 1.807) is 0 Å². The Kier molecular flexibility index (Phi) is 7.88. The summed E-state index contributed by atoms with van der Waals surface area (Å²) in [5.41, 5.74) is 1.21. The topological polar surface area (TPSA) is 0 Å². The van der Waals surface area contributed by atoms with Crippen molar-refractivity contribution >= 4 is 6.91 Å². The molecule has 0 spiro atoms. The average Bonchev–Trinajstić information content (AvgIpc) is 2.51. The van der Waals surface area contributed by atoms with E-state index in [0.29, 0.717) is 6.16 Å². The number of hydrogen-bond acceptors (Lipinski definition) is 0. The first kappa shape index (κ1) is 18.6. The maximum atomic E-state index is 16.6. The predicted octanol–water partition coefficient (Wildman–Crippen LogP) is 7.02. The molecule has 1 aromatic rings. The Morgan fingerprint density at radius 3 is 1.57 bits per heavy atom. The van der Waals surface area contributed by atoms with Gasteiger partial charge >= 0.3 is 131 Å². The van der Waals surface area contributed by atoms with Gasteiger partial charge in [0.05, 0.1) is 0 Å². The molecular weight excluding hydrogens is 278 g/mol. The van der Waals surface area contributed by atoms with E-state index < -0.39 is 6.91 Å². The molecule has 2 heteroatoms. The quantitative estimate of drug-likeness (QED) is 0.385. The Morgan fingerprint density at radius 2 is 1.19 bits per heavy atom. The van der Waals surface area contributed by atoms with Crippen molar-refractivity contribution in [3.05, 3.63) is 35.9 Å². The van der Waals surface area contributed by atoms with Crippen molar-refractivity contribution in [3.8, 4) is 0 Å². The number of unbranched alkanes of at least 4 members (excludes halogenated alkanes) is 3. The van der Waals surface area contributed by atoms with Gasteiger partial charge in [-0.05, 0) is 0 Å². The van der Waals surface area contributed by atoms with Crippen LogP contribution in [-0.4, -0.2) is 18.5 Å². The molecule has 1 rings (SSSR count). The first-order chi connectivity index (χ1) is 10.1. The number of halogens is 1. The van der Waals surface area contributed by atoms with Crippen LogP contribution in [0.2, 0.25) is 0 Å². The third-order valence-electron chi connectivity index (χ3n) is 4.63. The Labute approximate surface area is 131 Å². The molecule has 0 fully saturated rings. The van der Waals surface area contributed by atoms with Gasteiger partial charge in [-0.25, -0.2) is 0 Å². The Morgan fingerprint density at radius 1 is 0.762 bits per heavy atom. The standard InChI is InChI=1S/C19H34FP/c1-4-7-15-21(20,16-8-5-2,17-9-6-3)18-19-13-11-10-12-14-19/h10-14H,4-9,15-18H2,1-3H3. The Hall–Kier alpha value is -0.420. The van der Waals surface area contributed by atoms with Gasteiger partial charge in [0.15, 0.2) is 0 Å². The summed E-state index contributed by atoms with van der Waals surface area (Å²) in [6.07, 6.45) is 9.72. The molecule has 0 saturated heterocycles. The summed E-state index contributed by atoms with van der Waals surface area (Å²) < 4.78 is 16.6. The predicted molar refractivity (Wildman–Crippen MR) is 97.5 cm³/mol. The van der Waals surface area contributed by atoms with Gasteiger partial charge in [-0.15, -0.1) is 0 Å². The fraction of sp³-hybridized carbons (Fsp3) is 0.684. The van der Waals surface area contributed by atoms with Crippen molar-refractivity contribution in [2.45, 2.75) is 65.5 Å². The third kappa shape index (κ3) is 6.07. The van der Waals surface area contributed by atoms with Gasteiger partial charge in [0.25, 0.3) is 0 Å². The van der Waals surface area contributed by atoms with E-state index in [0.717, 1.165) is 57.0 Å². The summed E-state index contributed by atoms with van der Waals surface area (Å²) >= 11 is 0. The van der Waals surface area contributed by atoms with E-state index in [4.69, 9.17) is 0 Å². The average molecular weight is 312 g/mol. The summed E-state index contributed by atoms with van der Waals surface area (Å²) in [5, 5.41) is 0. The SMILES string of the molecule is CCCCP(F)(CCCC)(CCCC)Cc1ccccc1. The van der Waals surface area contributed by atoms with Crippen LogP contribution in [0.3, 0.4) is 0 Å². The summed E-state index contributed by atoms with van der Waals surface area (Å²) in [4.78, 5) is 0. The number of benzene rings is 1. The van der Waals surface area contributed by atoms with Gasteiger partial charge in [0, 0.05) is 0 Å². The minimum atomic E-state index is -3.09. The maximum absolute atomic E-state index is 16.6. The van der Waals surface area contributed by atoms with Gasteiger partial charge in [-0.1, -0.05) is 0 Å². The second-order valence-electron chi connectivity index (χ2n) is 6.69. The zero-order chi connectivity index (χ0) is 15.6. The molecule has 122 valence electrons. The number of rotatable bonds is 11. The molecule has 0 amide bonds. The van der Waals surface area contributed by atoms with Crippen molar-refractivity contribution < 1.29 is 4.20 Å². The van der Waals surface area contributed by atoms with Crippen LogP contribution in [0.1, 0.15) is 64.9 Å². The molecule has 1 aromatic carbocycles. The fourth-order valence-electron chi connectivity index (χ4n) is 3.27. The summed E-state index contributed by atoms with van der Waals surface area (Å²) in [6.45, 7) is 3.46. The molecule has 0 unspecified atom stereocenters. The molecule has 0 atom stereocenters. The summed E-state index contributed by atoms with van der Waals surface area (Å²) in [7, 11) is 0. The Bertz CT molecular complexity index is 363. The van der Waals surface area contributed by atoms with Crippen molar-refractivity contribution in [3.63, 3.8) is 0 Å². The molecule has 0 nitrogen and oxygen atoms in total. The molecule has 0 N–H and O–H groups in total. The third-order valence-corrected chi connectivity index (χ3v) is 10.1. The van der Waals surface area contributed by atoms with Gasteiger partial charge in [0.2, 0.25) is 0 Å². The van der Waals surface area contributed by atoms with E-state index in [2.05, 4.69) is 45.0 Å². The molecule has 21 heavy (non-hydrogen) atoms. The van der Waals surface area contributed by atoms with E-state index >= 15 is 4.20 Å². The van der Waals surface area contributed by atoms with E-state index in [1.807, 2.05) is 6.07 Å². The molecule has 0 aliphatic rings. The van der Waals surface area contributed by atoms with Crippen molar-refractivity contribution in [2.75, 3.05) is 18.5 Å². The second kappa shape index (κ2) is 8.89. The van der Waals surface area contributed by atoms with E-state index in [1.165, 1.54) is 5.56 Å². The first-order valence-corrected chi connectivity index (χ1v) is 11.7. The van der Waals surface area contributed by atoms with E-state index in [9.17, 15) is 0 Å². The first-order valence-electron chi connectivity index (χ1n) is 8.82. The van der Waals surface area contributed by atoms with Gasteiger partial charge in [-0.3, -0.25) is 0 Å². The van der Waals surface area contributed by atoms with Crippen molar-refractivity contribution in [1.82, 2.24) is 0 Å². The summed E-state index contributed by atoms with van der Waals surface area (Å²) in [5.74, 6) is 0. The van der Waals surface area contributed by atoms with Gasteiger partial charge < -0.3 is 0 Å². The molecule has 0 aliphatic carbocycles. The number of hydrogen-bond donors (Lipinski definition) is 0.